The van der Waals surface area contributed by atoms with Crippen LogP contribution in [0, 0.1) is 21.8 Å². The second-order valence-electron chi connectivity index (χ2n) is 5.68. The highest BCUT2D eigenvalue weighted by Gasteiger charge is 2.31. The number of benzene rings is 1. The predicted molar refractivity (Wildman–Crippen MR) is 74.1 cm³/mol. The van der Waals surface area contributed by atoms with Crippen molar-refractivity contribution in [2.75, 3.05) is 11.9 Å². The largest absolute Gasteiger partial charge is 0.388 e. The van der Waals surface area contributed by atoms with E-state index in [9.17, 15) is 19.6 Å². The number of non-ortho nitro benzene ring substituents is 1. The lowest BCUT2D eigenvalue weighted by atomic mass is 9.79. The maximum atomic E-state index is 13.7. The van der Waals surface area contributed by atoms with Crippen molar-refractivity contribution >= 4 is 11.4 Å². The number of nitro benzene ring substituents is 1. The van der Waals surface area contributed by atoms with Crippen molar-refractivity contribution in [1.82, 2.24) is 0 Å². The number of anilines is 1. The molecule has 5 nitrogen and oxygen atoms in total. The van der Waals surface area contributed by atoms with Crippen LogP contribution in [0.5, 0.6) is 0 Å². The van der Waals surface area contributed by atoms with Gasteiger partial charge in [-0.3, -0.25) is 10.1 Å². The third-order valence-electron chi connectivity index (χ3n) is 3.98. The number of hydrogen-bond donors (Lipinski definition) is 2. The van der Waals surface area contributed by atoms with E-state index in [4.69, 9.17) is 0 Å². The summed E-state index contributed by atoms with van der Waals surface area (Å²) in [5.41, 5.74) is -0.915. The summed E-state index contributed by atoms with van der Waals surface area (Å²) >= 11 is 0. The van der Waals surface area contributed by atoms with E-state index >= 15 is 0 Å². The fourth-order valence-electron chi connectivity index (χ4n) is 2.50. The van der Waals surface area contributed by atoms with Crippen LogP contribution in [0.2, 0.25) is 0 Å². The quantitative estimate of drug-likeness (QED) is 0.657. The zero-order valence-corrected chi connectivity index (χ0v) is 11.4. The van der Waals surface area contributed by atoms with E-state index in [2.05, 4.69) is 12.2 Å². The number of hydrogen-bond acceptors (Lipinski definition) is 4. The van der Waals surface area contributed by atoms with Crippen LogP contribution in [0.1, 0.15) is 32.6 Å². The molecule has 0 saturated heterocycles. The summed E-state index contributed by atoms with van der Waals surface area (Å²) < 4.78 is 13.7. The SMILES string of the molecule is CC1CCC(O)(CNc2ccc([N+](=O)[O-])cc2F)CC1. The van der Waals surface area contributed by atoms with Crippen LogP contribution >= 0.6 is 0 Å². The van der Waals surface area contributed by atoms with Crippen molar-refractivity contribution in [2.24, 2.45) is 5.92 Å². The highest BCUT2D eigenvalue weighted by Crippen LogP contribution is 2.32. The molecule has 1 saturated carbocycles. The molecule has 0 aliphatic heterocycles. The summed E-state index contributed by atoms with van der Waals surface area (Å²) in [5.74, 6) is -0.0571. The van der Waals surface area contributed by atoms with Crippen LogP contribution in [0.3, 0.4) is 0 Å². The Morgan fingerprint density at radius 1 is 1.50 bits per heavy atom. The van der Waals surface area contributed by atoms with E-state index in [0.29, 0.717) is 18.8 Å². The summed E-state index contributed by atoms with van der Waals surface area (Å²) in [6, 6.07) is 3.47. The van der Waals surface area contributed by atoms with Gasteiger partial charge in [-0.15, -0.1) is 0 Å². The van der Waals surface area contributed by atoms with Crippen LogP contribution in [-0.2, 0) is 0 Å². The Bertz CT molecular complexity index is 499. The van der Waals surface area contributed by atoms with E-state index in [1.165, 1.54) is 12.1 Å². The predicted octanol–water partition coefficient (Wildman–Crippen LogP) is 3.09. The Morgan fingerprint density at radius 2 is 2.15 bits per heavy atom. The number of nitro groups is 1. The third-order valence-corrected chi connectivity index (χ3v) is 3.98. The molecule has 0 aromatic heterocycles. The molecule has 1 aliphatic carbocycles. The molecule has 0 heterocycles. The van der Waals surface area contributed by atoms with Crippen molar-refractivity contribution in [1.29, 1.82) is 0 Å². The second-order valence-corrected chi connectivity index (χ2v) is 5.68. The van der Waals surface area contributed by atoms with Crippen LogP contribution in [-0.4, -0.2) is 22.2 Å². The number of nitrogens with zero attached hydrogens (tertiary/aromatic N) is 1. The Morgan fingerprint density at radius 3 is 2.70 bits per heavy atom. The highest BCUT2D eigenvalue weighted by molar-refractivity contribution is 5.50. The van der Waals surface area contributed by atoms with Crippen LogP contribution in [0.4, 0.5) is 15.8 Å². The first-order valence-electron chi connectivity index (χ1n) is 6.80. The minimum Gasteiger partial charge on any atom is -0.388 e. The first-order valence-corrected chi connectivity index (χ1v) is 6.80. The van der Waals surface area contributed by atoms with Gasteiger partial charge in [0.1, 0.15) is 0 Å². The molecule has 2 N–H and O–H groups in total. The molecule has 110 valence electrons. The van der Waals surface area contributed by atoms with Gasteiger partial charge in [0.05, 0.1) is 22.3 Å². The molecule has 20 heavy (non-hydrogen) atoms. The lowest BCUT2D eigenvalue weighted by Crippen LogP contribution is -2.40. The minimum atomic E-state index is -0.819. The number of halogens is 1. The van der Waals surface area contributed by atoms with E-state index < -0.39 is 16.3 Å². The molecule has 2 rings (SSSR count). The van der Waals surface area contributed by atoms with Gasteiger partial charge in [0.25, 0.3) is 5.69 Å². The first kappa shape index (κ1) is 14.7. The van der Waals surface area contributed by atoms with Crippen LogP contribution < -0.4 is 5.32 Å². The number of rotatable bonds is 4. The summed E-state index contributed by atoms with van der Waals surface area (Å²) in [5, 5.41) is 23.8. The van der Waals surface area contributed by atoms with Crippen molar-refractivity contribution in [3.8, 4) is 0 Å². The molecular weight excluding hydrogens is 263 g/mol. The maximum Gasteiger partial charge on any atom is 0.272 e. The monoisotopic (exact) mass is 282 g/mol. The van der Waals surface area contributed by atoms with Gasteiger partial charge < -0.3 is 10.4 Å². The number of nitrogens with one attached hydrogen (secondary N) is 1. The standard InChI is InChI=1S/C14H19FN2O3/c1-10-4-6-14(18,7-5-10)9-16-13-3-2-11(17(19)20)8-12(13)15/h2-3,8,10,16,18H,4-7,9H2,1H3. The molecule has 1 aromatic rings. The van der Waals surface area contributed by atoms with Crippen LogP contribution in [0.15, 0.2) is 18.2 Å². The summed E-state index contributed by atoms with van der Waals surface area (Å²) in [7, 11) is 0. The lowest BCUT2D eigenvalue weighted by Gasteiger charge is -2.35. The summed E-state index contributed by atoms with van der Waals surface area (Å²) in [6.45, 7) is 2.41. The molecule has 0 radical (unpaired) electrons. The van der Waals surface area contributed by atoms with Gasteiger partial charge in [-0.2, -0.15) is 0 Å². The zero-order chi connectivity index (χ0) is 14.8. The second kappa shape index (κ2) is 5.75. The third kappa shape index (κ3) is 3.45. The van der Waals surface area contributed by atoms with Gasteiger partial charge in [0, 0.05) is 12.6 Å². The maximum absolute atomic E-state index is 13.7. The van der Waals surface area contributed by atoms with E-state index in [0.717, 1.165) is 18.9 Å². The summed E-state index contributed by atoms with van der Waals surface area (Å²) in [6.07, 6.45) is 3.30. The molecular formula is C14H19FN2O3. The molecule has 1 aromatic carbocycles. The Hall–Kier alpha value is -1.69. The first-order chi connectivity index (χ1) is 9.39. The van der Waals surface area contributed by atoms with Gasteiger partial charge in [0.15, 0.2) is 5.82 Å². The van der Waals surface area contributed by atoms with E-state index in [1.807, 2.05) is 0 Å². The molecule has 0 spiro atoms. The van der Waals surface area contributed by atoms with E-state index in [1.54, 1.807) is 0 Å². The van der Waals surface area contributed by atoms with Crippen LogP contribution in [0.25, 0.3) is 0 Å². The fraction of sp³-hybridized carbons (Fsp3) is 0.571. The minimum absolute atomic E-state index is 0.183. The lowest BCUT2D eigenvalue weighted by molar-refractivity contribution is -0.385. The normalized spacial score (nSPS) is 26.2. The number of aliphatic hydroxyl groups is 1. The fourth-order valence-corrected chi connectivity index (χ4v) is 2.50. The van der Waals surface area contributed by atoms with Gasteiger partial charge >= 0.3 is 0 Å². The Labute approximate surface area is 117 Å². The van der Waals surface area contributed by atoms with Crippen molar-refractivity contribution in [2.45, 2.75) is 38.2 Å². The topological polar surface area (TPSA) is 75.4 Å². The smallest absolute Gasteiger partial charge is 0.272 e. The summed E-state index contributed by atoms with van der Waals surface area (Å²) in [4.78, 5) is 9.89. The van der Waals surface area contributed by atoms with Crippen molar-refractivity contribution in [3.05, 3.63) is 34.1 Å². The van der Waals surface area contributed by atoms with E-state index in [-0.39, 0.29) is 17.9 Å². The van der Waals surface area contributed by atoms with Gasteiger partial charge in [-0.25, -0.2) is 4.39 Å². The van der Waals surface area contributed by atoms with Gasteiger partial charge in [-0.05, 0) is 37.7 Å². The Balaban J connectivity index is 1.99. The Kier molecular flexibility index (Phi) is 4.23. The average molecular weight is 282 g/mol. The van der Waals surface area contributed by atoms with Gasteiger partial charge in [-0.1, -0.05) is 6.92 Å². The van der Waals surface area contributed by atoms with Gasteiger partial charge in [0.2, 0.25) is 0 Å². The van der Waals surface area contributed by atoms with Crippen molar-refractivity contribution in [3.63, 3.8) is 0 Å². The molecule has 0 atom stereocenters. The molecule has 1 fully saturated rings. The molecule has 0 unspecified atom stereocenters. The van der Waals surface area contributed by atoms with Crippen molar-refractivity contribution < 1.29 is 14.4 Å². The molecule has 1 aliphatic rings. The molecule has 0 amide bonds. The average Bonchev–Trinajstić information content (AvgIpc) is 2.41. The zero-order valence-electron chi connectivity index (χ0n) is 11.4. The highest BCUT2D eigenvalue weighted by atomic mass is 19.1. The molecule has 0 bridgehead atoms. The molecule has 6 heteroatoms.